The second kappa shape index (κ2) is 10.8. The highest BCUT2D eigenvalue weighted by Crippen LogP contribution is 2.30. The number of carbonyl (C=O) groups is 1. The molecule has 2 aromatic carbocycles. The van der Waals surface area contributed by atoms with Crippen LogP contribution in [-0.4, -0.2) is 40.3 Å². The Hall–Kier alpha value is -2.56. The molecule has 3 aromatic rings. The van der Waals surface area contributed by atoms with Crippen molar-refractivity contribution in [3.63, 3.8) is 0 Å². The van der Waals surface area contributed by atoms with Gasteiger partial charge < -0.3 is 9.84 Å². The van der Waals surface area contributed by atoms with Crippen LogP contribution < -0.4 is 10.2 Å². The Bertz CT molecular complexity index is 980. The number of nitrogens with zero attached hydrogens (tertiary/aromatic N) is 3. The van der Waals surface area contributed by atoms with Crippen molar-refractivity contribution in [1.82, 2.24) is 15.6 Å². The van der Waals surface area contributed by atoms with Crippen LogP contribution in [0.4, 0.5) is 0 Å². The van der Waals surface area contributed by atoms with E-state index in [0.29, 0.717) is 11.3 Å². The number of para-hydroxylation sites is 1. The topological polar surface area (TPSA) is 96.7 Å². The Morgan fingerprint density at radius 3 is 2.69 bits per heavy atom. The van der Waals surface area contributed by atoms with Crippen LogP contribution in [0.1, 0.15) is 11.1 Å². The van der Waals surface area contributed by atoms with Crippen LogP contribution in [0.5, 0.6) is 11.5 Å². The summed E-state index contributed by atoms with van der Waals surface area (Å²) in [5, 5.41) is 22.1. The molecule has 0 aliphatic carbocycles. The lowest BCUT2D eigenvalue weighted by Crippen LogP contribution is -2.19. The van der Waals surface area contributed by atoms with Crippen LogP contribution in [-0.2, 0) is 10.5 Å². The van der Waals surface area contributed by atoms with Crippen molar-refractivity contribution in [3.8, 4) is 11.5 Å². The summed E-state index contributed by atoms with van der Waals surface area (Å²) in [4.78, 5) is 12.0. The van der Waals surface area contributed by atoms with Crippen LogP contribution in [0.2, 0.25) is 0 Å². The van der Waals surface area contributed by atoms with Gasteiger partial charge in [-0.25, -0.2) is 5.43 Å². The summed E-state index contributed by atoms with van der Waals surface area (Å²) in [5.74, 6) is 1.03. The average molecular weight is 447 g/mol. The van der Waals surface area contributed by atoms with E-state index in [1.54, 1.807) is 30.0 Å². The number of aromatic hydroxyl groups is 1. The molecule has 2 N–H and O–H groups in total. The summed E-state index contributed by atoms with van der Waals surface area (Å²) < 4.78 is 6.62. The molecule has 0 spiro atoms. The molecule has 7 nitrogen and oxygen atoms in total. The van der Waals surface area contributed by atoms with Crippen molar-refractivity contribution in [3.05, 3.63) is 59.7 Å². The number of methoxy groups -OCH3 is 1. The molecule has 3 rings (SSSR count). The summed E-state index contributed by atoms with van der Waals surface area (Å²) >= 11 is 4.38. The van der Waals surface area contributed by atoms with Crippen molar-refractivity contribution < 1.29 is 14.6 Å². The number of carbonyl (C=O) groups excluding carboxylic acids is 1. The Kier molecular flexibility index (Phi) is 7.91. The average Bonchev–Trinajstić information content (AvgIpc) is 3.21. The van der Waals surface area contributed by atoms with E-state index in [1.807, 2.05) is 18.2 Å². The monoisotopic (exact) mass is 446 g/mol. The molecule has 0 radical (unpaired) electrons. The molecule has 0 atom stereocenters. The minimum atomic E-state index is -0.276. The molecule has 0 bridgehead atoms. The Balaban J connectivity index is 1.43. The summed E-state index contributed by atoms with van der Waals surface area (Å²) in [7, 11) is 1.47. The zero-order chi connectivity index (χ0) is 20.5. The minimum absolute atomic E-state index is 0.0308. The van der Waals surface area contributed by atoms with E-state index in [9.17, 15) is 9.90 Å². The van der Waals surface area contributed by atoms with Gasteiger partial charge in [-0.2, -0.15) is 5.10 Å². The van der Waals surface area contributed by atoms with Gasteiger partial charge in [0.15, 0.2) is 20.2 Å². The van der Waals surface area contributed by atoms with Crippen molar-refractivity contribution in [2.24, 2.45) is 5.10 Å². The van der Waals surface area contributed by atoms with Gasteiger partial charge in [0.25, 0.3) is 5.91 Å². The molecule has 0 aliphatic heterocycles. The zero-order valence-electron chi connectivity index (χ0n) is 15.4. The number of amides is 1. The summed E-state index contributed by atoms with van der Waals surface area (Å²) in [6.07, 6.45) is 1.36. The molecule has 0 saturated carbocycles. The second-order valence-electron chi connectivity index (χ2n) is 5.59. The number of phenols is 1. The first-order valence-corrected chi connectivity index (χ1v) is 11.3. The first kappa shape index (κ1) is 21.2. The maximum Gasteiger partial charge on any atom is 0.250 e. The number of rotatable bonds is 9. The molecular weight excluding hydrogens is 428 g/mol. The highest BCUT2D eigenvalue weighted by atomic mass is 32.2. The summed E-state index contributed by atoms with van der Waals surface area (Å²) in [6, 6.07) is 15.2. The molecule has 0 fully saturated rings. The number of benzene rings is 2. The second-order valence-corrected chi connectivity index (χ2v) is 9.01. The fraction of sp³-hybridized carbons (Fsp3) is 0.158. The van der Waals surface area contributed by atoms with E-state index in [0.717, 1.165) is 14.4 Å². The maximum atomic E-state index is 12.0. The van der Waals surface area contributed by atoms with Crippen molar-refractivity contribution in [1.29, 1.82) is 0 Å². The molecule has 10 heteroatoms. The van der Waals surface area contributed by atoms with Gasteiger partial charge in [-0.1, -0.05) is 71.3 Å². The third-order valence-electron chi connectivity index (χ3n) is 3.56. The molecule has 150 valence electrons. The van der Waals surface area contributed by atoms with Crippen molar-refractivity contribution in [2.75, 3.05) is 12.9 Å². The van der Waals surface area contributed by atoms with Crippen LogP contribution in [0.15, 0.2) is 62.3 Å². The number of nitrogens with one attached hydrogen (secondary N) is 1. The number of ether oxygens (including phenoxy) is 1. The standard InChI is InChI=1S/C19H18N4O3S3/c1-26-15-9-5-8-14(17(15)25)10-20-21-16(24)12-28-19-23-22-18(29-19)27-11-13-6-3-2-4-7-13/h2-10,25H,11-12H2,1H3,(H,21,24). The first-order valence-electron chi connectivity index (χ1n) is 8.46. The molecule has 0 saturated heterocycles. The summed E-state index contributed by atoms with van der Waals surface area (Å²) in [6.45, 7) is 0. The molecule has 1 aromatic heterocycles. The molecule has 0 aliphatic rings. The Labute approximate surface area is 180 Å². The molecular formula is C19H18N4O3S3. The van der Waals surface area contributed by atoms with Crippen molar-refractivity contribution in [2.45, 2.75) is 14.4 Å². The van der Waals surface area contributed by atoms with Crippen LogP contribution >= 0.6 is 34.9 Å². The normalized spacial score (nSPS) is 10.9. The van der Waals surface area contributed by atoms with E-state index in [2.05, 4.69) is 32.9 Å². The van der Waals surface area contributed by atoms with Gasteiger partial charge in [0.2, 0.25) is 0 Å². The number of thioether (sulfide) groups is 2. The lowest BCUT2D eigenvalue weighted by Gasteiger charge is -2.04. The summed E-state index contributed by atoms with van der Waals surface area (Å²) in [5.41, 5.74) is 4.10. The number of phenolic OH excluding ortho intramolecular Hbond substituents is 1. The van der Waals surface area contributed by atoms with Gasteiger partial charge in [-0.05, 0) is 17.7 Å². The van der Waals surface area contributed by atoms with Crippen LogP contribution in [0.25, 0.3) is 0 Å². The van der Waals surface area contributed by atoms with E-state index in [4.69, 9.17) is 4.74 Å². The quantitative estimate of drug-likeness (QED) is 0.293. The molecule has 1 amide bonds. The number of hydrogen-bond donors (Lipinski definition) is 2. The minimum Gasteiger partial charge on any atom is -0.504 e. The van der Waals surface area contributed by atoms with E-state index in [1.165, 1.54) is 42.0 Å². The predicted molar refractivity (Wildman–Crippen MR) is 117 cm³/mol. The zero-order valence-corrected chi connectivity index (χ0v) is 17.9. The largest absolute Gasteiger partial charge is 0.504 e. The van der Waals surface area contributed by atoms with Gasteiger partial charge in [-0.15, -0.1) is 10.2 Å². The lowest BCUT2D eigenvalue weighted by atomic mass is 10.2. The van der Waals surface area contributed by atoms with Gasteiger partial charge in [0, 0.05) is 11.3 Å². The van der Waals surface area contributed by atoms with E-state index in [-0.39, 0.29) is 17.4 Å². The molecule has 1 heterocycles. The SMILES string of the molecule is COc1cccc(C=NNC(=O)CSc2nnc(SCc3ccccc3)s2)c1O. The van der Waals surface area contributed by atoms with Crippen LogP contribution in [0, 0.1) is 0 Å². The third kappa shape index (κ3) is 6.48. The maximum absolute atomic E-state index is 12.0. The van der Waals surface area contributed by atoms with E-state index < -0.39 is 0 Å². The fourth-order valence-electron chi connectivity index (χ4n) is 2.17. The third-order valence-corrected chi connectivity index (χ3v) is 6.82. The Morgan fingerprint density at radius 2 is 1.93 bits per heavy atom. The predicted octanol–water partition coefficient (Wildman–Crippen LogP) is 3.79. The fourth-order valence-corrected chi connectivity index (χ4v) is 4.94. The van der Waals surface area contributed by atoms with E-state index >= 15 is 0 Å². The number of hydrazone groups is 1. The van der Waals surface area contributed by atoms with Gasteiger partial charge in [-0.3, -0.25) is 4.79 Å². The Morgan fingerprint density at radius 1 is 1.17 bits per heavy atom. The van der Waals surface area contributed by atoms with Crippen LogP contribution in [0.3, 0.4) is 0 Å². The highest BCUT2D eigenvalue weighted by Gasteiger charge is 2.09. The van der Waals surface area contributed by atoms with Gasteiger partial charge in [0.1, 0.15) is 0 Å². The molecule has 29 heavy (non-hydrogen) atoms. The van der Waals surface area contributed by atoms with Gasteiger partial charge >= 0.3 is 0 Å². The number of hydrogen-bond acceptors (Lipinski definition) is 9. The smallest absolute Gasteiger partial charge is 0.250 e. The molecule has 0 unspecified atom stereocenters. The number of aromatic nitrogens is 2. The van der Waals surface area contributed by atoms with Crippen molar-refractivity contribution >= 4 is 47.0 Å². The lowest BCUT2D eigenvalue weighted by molar-refractivity contribution is -0.118. The highest BCUT2D eigenvalue weighted by molar-refractivity contribution is 8.03. The first-order chi connectivity index (χ1) is 14.2. The van der Waals surface area contributed by atoms with Gasteiger partial charge in [0.05, 0.1) is 19.1 Å².